The van der Waals surface area contributed by atoms with E-state index in [1.165, 1.54) is 12.1 Å². The van der Waals surface area contributed by atoms with Gasteiger partial charge in [-0.2, -0.15) is 0 Å². The Hall–Kier alpha value is -1.88. The molecule has 0 aliphatic heterocycles. The fourth-order valence-corrected chi connectivity index (χ4v) is 1.96. The standard InChI is InChI=1S/C16H18ClFO4/c1-4-7-10(16(20)22-6-3)15(19)11-8-13(18)12(17)9-14(11)21-5-2/h7-9H,4-6H2,1-3H3. The normalized spacial score (nSPS) is 11.2. The zero-order chi connectivity index (χ0) is 16.7. The molecule has 0 atom stereocenters. The van der Waals surface area contributed by atoms with E-state index in [0.29, 0.717) is 6.42 Å². The second-order valence-electron chi connectivity index (χ2n) is 4.27. The first kappa shape index (κ1) is 18.2. The number of Topliss-reactive ketones (excluding diaryl/α,β-unsaturated/α-hetero) is 1. The number of benzene rings is 1. The van der Waals surface area contributed by atoms with Gasteiger partial charge in [0.1, 0.15) is 17.1 Å². The molecule has 120 valence electrons. The molecule has 0 spiro atoms. The van der Waals surface area contributed by atoms with Gasteiger partial charge in [0.25, 0.3) is 0 Å². The monoisotopic (exact) mass is 328 g/mol. The Bertz CT molecular complexity index is 596. The highest BCUT2D eigenvalue weighted by Crippen LogP contribution is 2.28. The van der Waals surface area contributed by atoms with Gasteiger partial charge in [0.15, 0.2) is 0 Å². The van der Waals surface area contributed by atoms with Gasteiger partial charge in [-0.15, -0.1) is 0 Å². The summed E-state index contributed by atoms with van der Waals surface area (Å²) in [5.74, 6) is -2.02. The van der Waals surface area contributed by atoms with Gasteiger partial charge >= 0.3 is 5.97 Å². The maximum Gasteiger partial charge on any atom is 0.341 e. The van der Waals surface area contributed by atoms with E-state index < -0.39 is 17.6 Å². The van der Waals surface area contributed by atoms with Crippen LogP contribution in [0.5, 0.6) is 5.75 Å². The molecule has 22 heavy (non-hydrogen) atoms. The van der Waals surface area contributed by atoms with Gasteiger partial charge in [-0.25, -0.2) is 9.18 Å². The lowest BCUT2D eigenvalue weighted by atomic mass is 10.0. The van der Waals surface area contributed by atoms with Gasteiger partial charge in [0.05, 0.1) is 23.8 Å². The summed E-state index contributed by atoms with van der Waals surface area (Å²) < 4.78 is 23.9. The van der Waals surface area contributed by atoms with Crippen LogP contribution in [0.15, 0.2) is 23.8 Å². The van der Waals surface area contributed by atoms with Crippen molar-refractivity contribution in [2.45, 2.75) is 27.2 Å². The Balaban J connectivity index is 3.32. The fraction of sp³-hybridized carbons (Fsp3) is 0.375. The number of rotatable bonds is 7. The van der Waals surface area contributed by atoms with Crippen molar-refractivity contribution in [3.63, 3.8) is 0 Å². The molecule has 0 heterocycles. The van der Waals surface area contributed by atoms with Crippen LogP contribution >= 0.6 is 11.6 Å². The second-order valence-corrected chi connectivity index (χ2v) is 4.68. The predicted molar refractivity (Wildman–Crippen MR) is 81.9 cm³/mol. The highest BCUT2D eigenvalue weighted by Gasteiger charge is 2.25. The third-order valence-electron chi connectivity index (χ3n) is 2.72. The third kappa shape index (κ3) is 4.31. The number of ketones is 1. The SMILES string of the molecule is CCC=C(C(=O)OCC)C(=O)c1cc(F)c(Cl)cc1OCC. The van der Waals surface area contributed by atoms with Crippen molar-refractivity contribution >= 4 is 23.4 Å². The Morgan fingerprint density at radius 3 is 2.45 bits per heavy atom. The fourth-order valence-electron chi connectivity index (χ4n) is 1.81. The second kappa shape index (κ2) is 8.54. The topological polar surface area (TPSA) is 52.6 Å². The Labute approximate surface area is 133 Å². The quantitative estimate of drug-likeness (QED) is 0.250. The van der Waals surface area contributed by atoms with Crippen LogP contribution in [0.3, 0.4) is 0 Å². The molecule has 0 unspecified atom stereocenters. The number of carbonyl (C=O) groups is 2. The molecule has 0 aliphatic carbocycles. The van der Waals surface area contributed by atoms with Crippen molar-refractivity contribution in [3.8, 4) is 5.75 Å². The average Bonchev–Trinajstić information content (AvgIpc) is 2.48. The summed E-state index contributed by atoms with van der Waals surface area (Å²) in [6.07, 6.45) is 1.91. The predicted octanol–water partition coefficient (Wildman–Crippen LogP) is 3.96. The summed E-state index contributed by atoms with van der Waals surface area (Å²) in [6, 6.07) is 2.20. The summed E-state index contributed by atoms with van der Waals surface area (Å²) in [7, 11) is 0. The summed E-state index contributed by atoms with van der Waals surface area (Å²) >= 11 is 5.71. The van der Waals surface area contributed by atoms with Crippen LogP contribution < -0.4 is 4.74 Å². The number of halogens is 2. The minimum atomic E-state index is -0.756. The van der Waals surface area contributed by atoms with Crippen molar-refractivity contribution in [2.75, 3.05) is 13.2 Å². The summed E-state index contributed by atoms with van der Waals surface area (Å²) in [5, 5.41) is -0.155. The molecule has 0 radical (unpaired) electrons. The zero-order valence-electron chi connectivity index (χ0n) is 12.7. The van der Waals surface area contributed by atoms with Gasteiger partial charge in [-0.05, 0) is 26.3 Å². The molecule has 0 bridgehead atoms. The molecule has 6 heteroatoms. The molecule has 0 saturated carbocycles. The van der Waals surface area contributed by atoms with Crippen LogP contribution in [0.4, 0.5) is 4.39 Å². The molecule has 0 fully saturated rings. The van der Waals surface area contributed by atoms with Crippen LogP contribution in [-0.4, -0.2) is 25.0 Å². The van der Waals surface area contributed by atoms with Gasteiger partial charge in [-0.3, -0.25) is 4.79 Å². The lowest BCUT2D eigenvalue weighted by molar-refractivity contribution is -0.138. The molecule has 0 N–H and O–H groups in total. The Kier molecular flexibility index (Phi) is 7.05. The average molecular weight is 329 g/mol. The lowest BCUT2D eigenvalue weighted by Gasteiger charge is -2.12. The van der Waals surface area contributed by atoms with Crippen LogP contribution in [0.25, 0.3) is 0 Å². The molecule has 0 saturated heterocycles. The van der Waals surface area contributed by atoms with Crippen molar-refractivity contribution in [1.29, 1.82) is 0 Å². The van der Waals surface area contributed by atoms with E-state index in [-0.39, 0.29) is 35.1 Å². The summed E-state index contributed by atoms with van der Waals surface area (Å²) in [5.41, 5.74) is -0.205. The largest absolute Gasteiger partial charge is 0.493 e. The highest BCUT2D eigenvalue weighted by atomic mass is 35.5. The molecule has 0 aromatic heterocycles. The molecule has 0 aliphatic rings. The van der Waals surface area contributed by atoms with Crippen LogP contribution in [0, 0.1) is 5.82 Å². The van der Waals surface area contributed by atoms with Gasteiger partial charge in [-0.1, -0.05) is 24.6 Å². The Morgan fingerprint density at radius 2 is 1.91 bits per heavy atom. The first-order valence-electron chi connectivity index (χ1n) is 6.99. The third-order valence-corrected chi connectivity index (χ3v) is 3.00. The molecular formula is C16H18ClFO4. The van der Waals surface area contributed by atoms with Crippen molar-refractivity contribution in [1.82, 2.24) is 0 Å². The van der Waals surface area contributed by atoms with E-state index >= 15 is 0 Å². The van der Waals surface area contributed by atoms with Gasteiger partial charge in [0.2, 0.25) is 5.78 Å². The maximum absolute atomic E-state index is 13.7. The number of ether oxygens (including phenoxy) is 2. The maximum atomic E-state index is 13.7. The minimum absolute atomic E-state index is 0.0588. The van der Waals surface area contributed by atoms with E-state index in [9.17, 15) is 14.0 Å². The van der Waals surface area contributed by atoms with E-state index in [0.717, 1.165) is 6.07 Å². The van der Waals surface area contributed by atoms with Crippen LogP contribution in [0.2, 0.25) is 5.02 Å². The van der Waals surface area contributed by atoms with Crippen LogP contribution in [-0.2, 0) is 9.53 Å². The molecular weight excluding hydrogens is 311 g/mol. The highest BCUT2D eigenvalue weighted by molar-refractivity contribution is 6.31. The van der Waals surface area contributed by atoms with Gasteiger partial charge in [0, 0.05) is 6.07 Å². The zero-order valence-corrected chi connectivity index (χ0v) is 13.5. The molecule has 0 amide bonds. The van der Waals surface area contributed by atoms with Crippen molar-refractivity contribution in [3.05, 3.63) is 40.2 Å². The smallest absolute Gasteiger partial charge is 0.341 e. The Morgan fingerprint density at radius 1 is 1.23 bits per heavy atom. The minimum Gasteiger partial charge on any atom is -0.493 e. The van der Waals surface area contributed by atoms with Crippen LogP contribution in [0.1, 0.15) is 37.6 Å². The van der Waals surface area contributed by atoms with E-state index in [4.69, 9.17) is 21.1 Å². The number of carbonyl (C=O) groups excluding carboxylic acids is 2. The summed E-state index contributed by atoms with van der Waals surface area (Å²) in [4.78, 5) is 24.4. The van der Waals surface area contributed by atoms with E-state index in [2.05, 4.69) is 0 Å². The number of allylic oxidation sites excluding steroid dienone is 1. The molecule has 1 aromatic carbocycles. The lowest BCUT2D eigenvalue weighted by Crippen LogP contribution is -2.17. The van der Waals surface area contributed by atoms with Gasteiger partial charge < -0.3 is 9.47 Å². The number of hydrogen-bond acceptors (Lipinski definition) is 4. The first-order chi connectivity index (χ1) is 10.5. The molecule has 1 aromatic rings. The van der Waals surface area contributed by atoms with Crippen molar-refractivity contribution < 1.29 is 23.5 Å². The van der Waals surface area contributed by atoms with E-state index in [1.54, 1.807) is 20.8 Å². The number of hydrogen-bond donors (Lipinski definition) is 0. The van der Waals surface area contributed by atoms with Crippen molar-refractivity contribution in [2.24, 2.45) is 0 Å². The number of esters is 1. The molecule has 4 nitrogen and oxygen atoms in total. The molecule has 1 rings (SSSR count). The van der Waals surface area contributed by atoms with E-state index in [1.807, 2.05) is 0 Å². The first-order valence-corrected chi connectivity index (χ1v) is 7.37. The summed E-state index contributed by atoms with van der Waals surface area (Å²) in [6.45, 7) is 5.55.